The lowest BCUT2D eigenvalue weighted by atomic mass is 10.2. The fourth-order valence-electron chi connectivity index (χ4n) is 1.03. The van der Waals surface area contributed by atoms with Crippen LogP contribution in [-0.2, 0) is 14.4 Å². The molecule has 1 N–H and O–H groups in total. The van der Waals surface area contributed by atoms with Crippen LogP contribution in [0.15, 0.2) is 0 Å². The van der Waals surface area contributed by atoms with Crippen molar-refractivity contribution in [3.63, 3.8) is 0 Å². The van der Waals surface area contributed by atoms with E-state index in [1.807, 2.05) is 0 Å². The molecule has 0 saturated heterocycles. The molecule has 1 rings (SSSR count). The molecule has 0 aliphatic heterocycles. The van der Waals surface area contributed by atoms with Gasteiger partial charge in [0.2, 0.25) is 0 Å². The zero-order valence-electron chi connectivity index (χ0n) is 8.34. The highest BCUT2D eigenvalue weighted by molar-refractivity contribution is 6.37. The van der Waals surface area contributed by atoms with E-state index in [-0.39, 0.29) is 11.6 Å². The summed E-state index contributed by atoms with van der Waals surface area (Å²) in [6, 6.07) is 0. The van der Waals surface area contributed by atoms with Gasteiger partial charge in [-0.1, -0.05) is 6.42 Å². The Morgan fingerprint density at radius 3 is 1.56 bits per heavy atom. The standard InChI is InChI=1S/C7H10O2.C2HF3O2/c8-6-4-2-1-3-5-7(6)9;3-2(4,5)1(6)7/h1-5H2;(H,6,7). The van der Waals surface area contributed by atoms with Gasteiger partial charge in [-0.05, 0) is 12.8 Å². The molecule has 0 aromatic heterocycles. The van der Waals surface area contributed by atoms with E-state index in [0.717, 1.165) is 19.3 Å². The number of halogens is 3. The van der Waals surface area contributed by atoms with E-state index in [9.17, 15) is 22.8 Å². The van der Waals surface area contributed by atoms with Crippen molar-refractivity contribution in [1.82, 2.24) is 0 Å². The fraction of sp³-hybridized carbons (Fsp3) is 0.667. The first-order valence-corrected chi connectivity index (χ1v) is 4.61. The SMILES string of the molecule is O=C(O)C(F)(F)F.O=C1CCCCCC1=O. The third-order valence-electron chi connectivity index (χ3n) is 1.86. The smallest absolute Gasteiger partial charge is 0.475 e. The maximum Gasteiger partial charge on any atom is 0.490 e. The van der Waals surface area contributed by atoms with Gasteiger partial charge in [0.05, 0.1) is 0 Å². The second-order valence-electron chi connectivity index (χ2n) is 3.21. The zero-order chi connectivity index (χ0) is 12.8. The van der Waals surface area contributed by atoms with Crippen molar-refractivity contribution in [2.75, 3.05) is 0 Å². The largest absolute Gasteiger partial charge is 0.490 e. The number of hydrogen-bond acceptors (Lipinski definition) is 3. The molecule has 16 heavy (non-hydrogen) atoms. The van der Waals surface area contributed by atoms with Crippen molar-refractivity contribution < 1.29 is 32.7 Å². The van der Waals surface area contributed by atoms with Crippen LogP contribution in [0, 0.1) is 0 Å². The van der Waals surface area contributed by atoms with Crippen LogP contribution in [0.5, 0.6) is 0 Å². The predicted octanol–water partition coefficient (Wildman–Crippen LogP) is 1.72. The van der Waals surface area contributed by atoms with Gasteiger partial charge in [-0.2, -0.15) is 13.2 Å². The van der Waals surface area contributed by atoms with Crippen molar-refractivity contribution in [2.45, 2.75) is 38.3 Å². The summed E-state index contributed by atoms with van der Waals surface area (Å²) < 4.78 is 31.7. The van der Waals surface area contributed by atoms with Gasteiger partial charge in [-0.25, -0.2) is 4.79 Å². The van der Waals surface area contributed by atoms with Crippen molar-refractivity contribution in [2.24, 2.45) is 0 Å². The molecule has 0 bridgehead atoms. The molecule has 0 spiro atoms. The van der Waals surface area contributed by atoms with Gasteiger partial charge >= 0.3 is 12.1 Å². The topological polar surface area (TPSA) is 71.4 Å². The number of rotatable bonds is 0. The molecule has 0 heterocycles. The van der Waals surface area contributed by atoms with Crippen molar-refractivity contribution in [1.29, 1.82) is 0 Å². The molecule has 1 aliphatic rings. The number of carbonyl (C=O) groups excluding carboxylic acids is 2. The number of carboxylic acids is 1. The quantitative estimate of drug-likeness (QED) is 0.517. The summed E-state index contributed by atoms with van der Waals surface area (Å²) in [6.45, 7) is 0. The summed E-state index contributed by atoms with van der Waals surface area (Å²) in [7, 11) is 0. The van der Waals surface area contributed by atoms with E-state index in [1.54, 1.807) is 0 Å². The van der Waals surface area contributed by atoms with Gasteiger partial charge in [0, 0.05) is 12.8 Å². The molecule has 1 aliphatic carbocycles. The summed E-state index contributed by atoms with van der Waals surface area (Å²) in [5, 5.41) is 7.12. The normalized spacial score (nSPS) is 17.2. The van der Waals surface area contributed by atoms with E-state index < -0.39 is 12.1 Å². The highest BCUT2D eigenvalue weighted by Gasteiger charge is 2.38. The molecule has 0 aromatic carbocycles. The minimum Gasteiger partial charge on any atom is -0.475 e. The molecule has 0 atom stereocenters. The number of alkyl halides is 3. The second kappa shape index (κ2) is 6.24. The lowest BCUT2D eigenvalue weighted by Gasteiger charge is -1.93. The van der Waals surface area contributed by atoms with Crippen molar-refractivity contribution in [3.05, 3.63) is 0 Å². The van der Waals surface area contributed by atoms with Crippen LogP contribution in [0.3, 0.4) is 0 Å². The molecule has 1 saturated carbocycles. The molecule has 0 unspecified atom stereocenters. The van der Waals surface area contributed by atoms with E-state index in [0.29, 0.717) is 12.8 Å². The summed E-state index contributed by atoms with van der Waals surface area (Å²) in [5.74, 6) is -3.08. The van der Waals surface area contributed by atoms with Crippen LogP contribution in [-0.4, -0.2) is 28.8 Å². The Morgan fingerprint density at radius 1 is 1.00 bits per heavy atom. The van der Waals surface area contributed by atoms with Crippen molar-refractivity contribution in [3.8, 4) is 0 Å². The van der Waals surface area contributed by atoms with Crippen LogP contribution in [0.25, 0.3) is 0 Å². The third kappa shape index (κ3) is 6.15. The average Bonchev–Trinajstić information content (AvgIpc) is 2.32. The van der Waals surface area contributed by atoms with Crippen LogP contribution in [0.2, 0.25) is 0 Å². The first kappa shape index (κ1) is 14.6. The summed E-state index contributed by atoms with van der Waals surface area (Å²) in [4.78, 5) is 30.2. The number of aliphatic carboxylic acids is 1. The Hall–Kier alpha value is -1.40. The molecule has 4 nitrogen and oxygen atoms in total. The Kier molecular flexibility index (Phi) is 5.69. The first-order chi connectivity index (χ1) is 7.25. The molecule has 7 heteroatoms. The molecular weight excluding hydrogens is 229 g/mol. The van der Waals surface area contributed by atoms with E-state index in [2.05, 4.69) is 0 Å². The van der Waals surface area contributed by atoms with E-state index in [4.69, 9.17) is 9.90 Å². The Balaban J connectivity index is 0.000000293. The maximum atomic E-state index is 10.7. The molecule has 0 amide bonds. The van der Waals surface area contributed by atoms with Gasteiger partial charge in [0.15, 0.2) is 11.6 Å². The second-order valence-corrected chi connectivity index (χ2v) is 3.21. The van der Waals surface area contributed by atoms with Gasteiger partial charge < -0.3 is 5.11 Å². The first-order valence-electron chi connectivity index (χ1n) is 4.61. The van der Waals surface area contributed by atoms with Gasteiger partial charge in [0.25, 0.3) is 0 Å². The highest BCUT2D eigenvalue weighted by atomic mass is 19.4. The molecule has 0 aromatic rings. The average molecular weight is 240 g/mol. The Labute approximate surface area is 89.4 Å². The van der Waals surface area contributed by atoms with Gasteiger partial charge in [-0.3, -0.25) is 9.59 Å². The number of Topliss-reactive ketones (excluding diaryl/α,β-unsaturated/α-hetero) is 2. The highest BCUT2D eigenvalue weighted by Crippen LogP contribution is 2.13. The number of carbonyl (C=O) groups is 3. The van der Waals surface area contributed by atoms with Crippen LogP contribution in [0.1, 0.15) is 32.1 Å². The maximum absolute atomic E-state index is 10.7. The van der Waals surface area contributed by atoms with Crippen LogP contribution in [0.4, 0.5) is 13.2 Å². The fourth-order valence-corrected chi connectivity index (χ4v) is 1.03. The molecule has 92 valence electrons. The van der Waals surface area contributed by atoms with Crippen LogP contribution >= 0.6 is 0 Å². The monoisotopic (exact) mass is 240 g/mol. The zero-order valence-corrected chi connectivity index (χ0v) is 8.34. The number of ketones is 2. The lowest BCUT2D eigenvalue weighted by Crippen LogP contribution is -2.21. The summed E-state index contributed by atoms with van der Waals surface area (Å²) in [6.07, 6.45) is -1.26. The van der Waals surface area contributed by atoms with E-state index >= 15 is 0 Å². The van der Waals surface area contributed by atoms with Crippen LogP contribution < -0.4 is 0 Å². The number of carboxylic acid groups (broad SMARTS) is 1. The van der Waals surface area contributed by atoms with Gasteiger partial charge in [0.1, 0.15) is 0 Å². The lowest BCUT2D eigenvalue weighted by molar-refractivity contribution is -0.192. The van der Waals surface area contributed by atoms with Gasteiger partial charge in [-0.15, -0.1) is 0 Å². The minimum absolute atomic E-state index is 0.160. The Morgan fingerprint density at radius 2 is 1.31 bits per heavy atom. The van der Waals surface area contributed by atoms with E-state index in [1.165, 1.54) is 0 Å². The number of hydrogen-bond donors (Lipinski definition) is 1. The molecule has 0 radical (unpaired) electrons. The van der Waals surface area contributed by atoms with Crippen molar-refractivity contribution >= 4 is 17.5 Å². The predicted molar refractivity (Wildman–Crippen MR) is 46.8 cm³/mol. The molecular formula is C9H11F3O4. The molecule has 1 fully saturated rings. The Bertz CT molecular complexity index is 267. The third-order valence-corrected chi connectivity index (χ3v) is 1.86. The summed E-state index contributed by atoms with van der Waals surface area (Å²) in [5.41, 5.74) is 0. The minimum atomic E-state index is -5.08. The summed E-state index contributed by atoms with van der Waals surface area (Å²) >= 11 is 0.